The Labute approximate surface area is 86.2 Å². The van der Waals surface area contributed by atoms with Gasteiger partial charge in [0.1, 0.15) is 10.6 Å². The van der Waals surface area contributed by atoms with E-state index in [-0.39, 0.29) is 0 Å². The summed E-state index contributed by atoms with van der Waals surface area (Å²) in [4.78, 5) is 10.6. The van der Waals surface area contributed by atoms with E-state index in [4.69, 9.17) is 5.73 Å². The molecule has 0 atom stereocenters. The average molecular weight is 208 g/mol. The van der Waals surface area contributed by atoms with E-state index in [9.17, 15) is 0 Å². The molecule has 0 bridgehead atoms. The molecule has 0 fully saturated rings. The molecular formula is C9H12N4S. The Morgan fingerprint density at radius 2 is 2.29 bits per heavy atom. The minimum absolute atomic E-state index is 0.325. The first-order chi connectivity index (χ1) is 6.74. The fourth-order valence-corrected chi connectivity index (χ4v) is 2.33. The minimum Gasteiger partial charge on any atom is -0.372 e. The third-order valence-electron chi connectivity index (χ3n) is 2.05. The number of nitrogen functional groups attached to an aromatic ring is 1. The van der Waals surface area contributed by atoms with Crippen LogP contribution in [0.1, 0.15) is 11.8 Å². The van der Waals surface area contributed by atoms with Crippen LogP contribution < -0.4 is 11.1 Å². The van der Waals surface area contributed by atoms with Crippen molar-refractivity contribution in [2.45, 2.75) is 13.3 Å². The van der Waals surface area contributed by atoms with E-state index in [0.717, 1.165) is 22.5 Å². The largest absolute Gasteiger partial charge is 0.372 e. The Morgan fingerprint density at radius 3 is 2.93 bits per heavy atom. The normalized spacial score (nSPS) is 10.7. The molecule has 0 aliphatic carbocycles. The molecule has 2 aromatic heterocycles. The highest BCUT2D eigenvalue weighted by atomic mass is 32.1. The minimum atomic E-state index is 0.325. The zero-order valence-corrected chi connectivity index (χ0v) is 8.98. The summed E-state index contributed by atoms with van der Waals surface area (Å²) in [6.07, 6.45) is 1.02. The Bertz CT molecular complexity index is 463. The van der Waals surface area contributed by atoms with Crippen molar-refractivity contribution < 1.29 is 0 Å². The van der Waals surface area contributed by atoms with Gasteiger partial charge in [-0.1, -0.05) is 6.92 Å². The predicted molar refractivity (Wildman–Crippen MR) is 60.8 cm³/mol. The van der Waals surface area contributed by atoms with Crippen molar-refractivity contribution in [3.63, 3.8) is 0 Å². The summed E-state index contributed by atoms with van der Waals surface area (Å²) in [5.74, 6) is 1.13. The second-order valence-electron chi connectivity index (χ2n) is 2.97. The number of nitrogens with zero attached hydrogens (tertiary/aromatic N) is 2. The molecule has 14 heavy (non-hydrogen) atoms. The first-order valence-corrected chi connectivity index (χ1v) is 5.30. The van der Waals surface area contributed by atoms with E-state index < -0.39 is 0 Å². The second kappa shape index (κ2) is 3.42. The van der Waals surface area contributed by atoms with Gasteiger partial charge in [0.15, 0.2) is 0 Å². The number of rotatable bonds is 2. The molecule has 0 unspecified atom stereocenters. The van der Waals surface area contributed by atoms with Crippen LogP contribution in [0.25, 0.3) is 10.2 Å². The summed E-state index contributed by atoms with van der Waals surface area (Å²) in [6, 6.07) is 2.12. The highest BCUT2D eigenvalue weighted by Crippen LogP contribution is 2.29. The fraction of sp³-hybridized carbons (Fsp3) is 0.333. The number of thiophene rings is 1. The van der Waals surface area contributed by atoms with Crippen molar-refractivity contribution in [1.82, 2.24) is 9.97 Å². The van der Waals surface area contributed by atoms with Gasteiger partial charge in [-0.3, -0.25) is 0 Å². The summed E-state index contributed by atoms with van der Waals surface area (Å²) in [5.41, 5.74) is 5.60. The van der Waals surface area contributed by atoms with Crippen LogP contribution in [0.15, 0.2) is 6.07 Å². The van der Waals surface area contributed by atoms with Gasteiger partial charge < -0.3 is 11.1 Å². The molecule has 0 aromatic carbocycles. The first-order valence-electron chi connectivity index (χ1n) is 4.48. The number of nitrogens with two attached hydrogens (primary N) is 1. The third kappa shape index (κ3) is 1.39. The summed E-state index contributed by atoms with van der Waals surface area (Å²) < 4.78 is 0. The lowest BCUT2D eigenvalue weighted by Crippen LogP contribution is -1.99. The monoisotopic (exact) mass is 208 g/mol. The van der Waals surface area contributed by atoms with Gasteiger partial charge in [-0.05, 0) is 12.5 Å². The van der Waals surface area contributed by atoms with Gasteiger partial charge in [-0.25, -0.2) is 4.98 Å². The highest BCUT2D eigenvalue weighted by molar-refractivity contribution is 7.18. The molecule has 0 radical (unpaired) electrons. The molecule has 2 rings (SSSR count). The lowest BCUT2D eigenvalue weighted by molar-refractivity contribution is 1.19. The third-order valence-corrected chi connectivity index (χ3v) is 3.22. The molecule has 0 aliphatic heterocycles. The number of nitrogens with one attached hydrogen (secondary N) is 1. The lowest BCUT2D eigenvalue weighted by Gasteiger charge is -2.00. The standard InChI is InChI=1S/C9H12N4S/c1-3-5-4-6-7(11-2)12-9(10)13-8(6)14-5/h4H,3H2,1-2H3,(H3,10,11,12,13). The number of fused-ring (bicyclic) bond motifs is 1. The van der Waals surface area contributed by atoms with Gasteiger partial charge in [0, 0.05) is 11.9 Å². The molecule has 0 aliphatic rings. The van der Waals surface area contributed by atoms with E-state index in [0.29, 0.717) is 5.95 Å². The van der Waals surface area contributed by atoms with Crippen LogP contribution in [0.2, 0.25) is 0 Å². The van der Waals surface area contributed by atoms with Crippen LogP contribution in [0.3, 0.4) is 0 Å². The Balaban J connectivity index is 2.71. The molecule has 0 amide bonds. The van der Waals surface area contributed by atoms with Crippen molar-refractivity contribution in [2.24, 2.45) is 0 Å². The number of aromatic nitrogens is 2. The fourth-order valence-electron chi connectivity index (χ4n) is 1.35. The molecule has 2 heterocycles. The molecule has 3 N–H and O–H groups in total. The van der Waals surface area contributed by atoms with Gasteiger partial charge in [0.2, 0.25) is 5.95 Å². The molecule has 74 valence electrons. The van der Waals surface area contributed by atoms with Gasteiger partial charge in [0.25, 0.3) is 0 Å². The predicted octanol–water partition coefficient (Wildman–Crippen LogP) is 1.88. The number of hydrogen-bond acceptors (Lipinski definition) is 5. The second-order valence-corrected chi connectivity index (χ2v) is 4.08. The zero-order chi connectivity index (χ0) is 10.1. The molecule has 2 aromatic rings. The molecular weight excluding hydrogens is 196 g/mol. The Morgan fingerprint density at radius 1 is 1.50 bits per heavy atom. The van der Waals surface area contributed by atoms with E-state index in [2.05, 4.69) is 28.3 Å². The van der Waals surface area contributed by atoms with Crippen molar-refractivity contribution in [3.05, 3.63) is 10.9 Å². The SMILES string of the molecule is CCc1cc2c(NC)nc(N)nc2s1. The number of aryl methyl sites for hydroxylation is 1. The molecule has 0 spiro atoms. The van der Waals surface area contributed by atoms with Gasteiger partial charge >= 0.3 is 0 Å². The van der Waals surface area contributed by atoms with Crippen molar-refractivity contribution in [2.75, 3.05) is 18.1 Å². The van der Waals surface area contributed by atoms with Gasteiger partial charge in [-0.2, -0.15) is 4.98 Å². The van der Waals surface area contributed by atoms with Crippen molar-refractivity contribution in [1.29, 1.82) is 0 Å². The average Bonchev–Trinajstić information content (AvgIpc) is 2.59. The summed E-state index contributed by atoms with van der Waals surface area (Å²) in [6.45, 7) is 2.13. The quantitative estimate of drug-likeness (QED) is 0.791. The highest BCUT2D eigenvalue weighted by Gasteiger charge is 2.08. The number of hydrogen-bond donors (Lipinski definition) is 2. The van der Waals surface area contributed by atoms with Crippen LogP contribution in [-0.2, 0) is 6.42 Å². The molecule has 4 nitrogen and oxygen atoms in total. The van der Waals surface area contributed by atoms with E-state index in [1.54, 1.807) is 11.3 Å². The van der Waals surface area contributed by atoms with Crippen LogP contribution in [-0.4, -0.2) is 17.0 Å². The van der Waals surface area contributed by atoms with Crippen LogP contribution in [0.5, 0.6) is 0 Å². The van der Waals surface area contributed by atoms with Crippen molar-refractivity contribution in [3.8, 4) is 0 Å². The van der Waals surface area contributed by atoms with E-state index >= 15 is 0 Å². The Kier molecular flexibility index (Phi) is 2.25. The lowest BCUT2D eigenvalue weighted by atomic mass is 10.3. The van der Waals surface area contributed by atoms with Crippen LogP contribution in [0.4, 0.5) is 11.8 Å². The molecule has 0 saturated carbocycles. The van der Waals surface area contributed by atoms with E-state index in [1.165, 1.54) is 4.88 Å². The van der Waals surface area contributed by atoms with Crippen LogP contribution >= 0.6 is 11.3 Å². The summed E-state index contributed by atoms with van der Waals surface area (Å²) in [7, 11) is 1.84. The van der Waals surface area contributed by atoms with Crippen LogP contribution in [0, 0.1) is 0 Å². The maximum atomic E-state index is 5.60. The molecule has 5 heteroatoms. The first kappa shape index (κ1) is 9.21. The van der Waals surface area contributed by atoms with E-state index in [1.807, 2.05) is 7.05 Å². The number of anilines is 2. The van der Waals surface area contributed by atoms with Crippen molar-refractivity contribution >= 4 is 33.3 Å². The van der Waals surface area contributed by atoms with Gasteiger partial charge in [0.05, 0.1) is 5.39 Å². The Hall–Kier alpha value is -1.36. The summed E-state index contributed by atoms with van der Waals surface area (Å²) >= 11 is 1.67. The maximum absolute atomic E-state index is 5.60. The zero-order valence-electron chi connectivity index (χ0n) is 8.16. The summed E-state index contributed by atoms with van der Waals surface area (Å²) in [5, 5.41) is 4.08. The molecule has 0 saturated heterocycles. The van der Waals surface area contributed by atoms with Gasteiger partial charge in [-0.15, -0.1) is 11.3 Å². The maximum Gasteiger partial charge on any atom is 0.223 e. The topological polar surface area (TPSA) is 63.8 Å². The smallest absolute Gasteiger partial charge is 0.223 e.